The molecule has 0 aromatic heterocycles. The first-order valence-corrected chi connectivity index (χ1v) is 21.3. The first-order valence-electron chi connectivity index (χ1n) is 21.3. The SMILES string of the molecule is C/C(=C\C(C)CCCCC(=O)O)C1OC2C=CC1OC(=O)/C=C\C=CC=CC1OC3CC1OC(C=CCC1OC(CC(O)C1C)C(O)C(O)C=CCC/C=C/C2)C3C. The van der Waals surface area contributed by atoms with Gasteiger partial charge in [0.25, 0.3) is 0 Å². The smallest absolute Gasteiger partial charge is 0.331 e. The van der Waals surface area contributed by atoms with Crippen LogP contribution in [0.4, 0.5) is 0 Å². The van der Waals surface area contributed by atoms with Crippen LogP contribution in [0, 0.1) is 17.8 Å². The zero-order valence-electron chi connectivity index (χ0n) is 34.5. The van der Waals surface area contributed by atoms with Crippen LogP contribution in [0.25, 0.3) is 0 Å². The van der Waals surface area contributed by atoms with Crippen LogP contribution in [0.5, 0.6) is 0 Å². The van der Waals surface area contributed by atoms with E-state index in [1.807, 2.05) is 62.5 Å². The lowest BCUT2D eigenvalue weighted by Gasteiger charge is -2.40. The number of hydrogen-bond donors (Lipinski definition) is 4. The van der Waals surface area contributed by atoms with E-state index >= 15 is 0 Å². The molecule has 58 heavy (non-hydrogen) atoms. The highest BCUT2D eigenvalue weighted by Gasteiger charge is 2.45. The Kier molecular flexibility index (Phi) is 18.0. The van der Waals surface area contributed by atoms with Crippen LogP contribution in [0.15, 0.2) is 96.7 Å². The van der Waals surface area contributed by atoms with E-state index < -0.39 is 48.6 Å². The van der Waals surface area contributed by atoms with Crippen molar-refractivity contribution in [1.29, 1.82) is 0 Å². The summed E-state index contributed by atoms with van der Waals surface area (Å²) < 4.78 is 31.5. The van der Waals surface area contributed by atoms with Crippen molar-refractivity contribution < 1.29 is 53.7 Å². The van der Waals surface area contributed by atoms with Gasteiger partial charge < -0.3 is 44.1 Å². The van der Waals surface area contributed by atoms with Gasteiger partial charge in [-0.15, -0.1) is 0 Å². The van der Waals surface area contributed by atoms with Crippen molar-refractivity contribution in [3.8, 4) is 0 Å². The summed E-state index contributed by atoms with van der Waals surface area (Å²) in [5.41, 5.74) is 0.945. The number of carboxylic acids is 1. The second-order valence-corrected chi connectivity index (χ2v) is 16.6. The van der Waals surface area contributed by atoms with Crippen molar-refractivity contribution in [3.05, 3.63) is 96.7 Å². The molecule has 6 aliphatic heterocycles. The van der Waals surface area contributed by atoms with Crippen molar-refractivity contribution in [2.45, 2.75) is 165 Å². The molecule has 15 unspecified atom stereocenters. The van der Waals surface area contributed by atoms with E-state index in [1.54, 1.807) is 18.2 Å². The monoisotopic (exact) mass is 806 g/mol. The van der Waals surface area contributed by atoms with Crippen LogP contribution in [-0.2, 0) is 33.3 Å². The fourth-order valence-corrected chi connectivity index (χ4v) is 8.38. The van der Waals surface area contributed by atoms with Crippen molar-refractivity contribution in [1.82, 2.24) is 0 Å². The van der Waals surface area contributed by atoms with Gasteiger partial charge in [0, 0.05) is 37.2 Å². The van der Waals surface area contributed by atoms with E-state index in [0.29, 0.717) is 25.7 Å². The molecule has 15 atom stereocenters. The zero-order valence-corrected chi connectivity index (χ0v) is 34.5. The van der Waals surface area contributed by atoms with E-state index in [4.69, 9.17) is 28.8 Å². The molecule has 0 aromatic carbocycles. The summed E-state index contributed by atoms with van der Waals surface area (Å²) in [7, 11) is 0. The maximum absolute atomic E-state index is 13.0. The van der Waals surface area contributed by atoms with Crippen molar-refractivity contribution in [2.75, 3.05) is 0 Å². The number of hydrogen-bond acceptors (Lipinski definition) is 10. The maximum atomic E-state index is 13.0. The molecule has 320 valence electrons. The fourth-order valence-electron chi connectivity index (χ4n) is 8.38. The second-order valence-electron chi connectivity index (χ2n) is 16.6. The summed E-state index contributed by atoms with van der Waals surface area (Å²) in [4.78, 5) is 23.9. The third kappa shape index (κ3) is 13.6. The Morgan fingerprint density at radius 3 is 2.34 bits per heavy atom. The topological polar surface area (TPSA) is 161 Å². The molecule has 0 saturated carbocycles. The van der Waals surface area contributed by atoms with E-state index in [2.05, 4.69) is 32.1 Å². The first kappa shape index (κ1) is 45.7. The number of carboxylic acid groups (broad SMARTS) is 1. The summed E-state index contributed by atoms with van der Waals surface area (Å²) in [5.74, 6) is -1.09. The van der Waals surface area contributed by atoms with Gasteiger partial charge in [0.05, 0.1) is 42.7 Å². The summed E-state index contributed by atoms with van der Waals surface area (Å²) in [5, 5.41) is 41.7. The molecule has 6 aliphatic rings. The zero-order chi connectivity index (χ0) is 41.6. The van der Waals surface area contributed by atoms with E-state index in [1.165, 1.54) is 6.08 Å². The minimum absolute atomic E-state index is 0.0508. The largest absolute Gasteiger partial charge is 0.481 e. The molecular weight excluding hydrogens is 741 g/mol. The number of esters is 1. The highest BCUT2D eigenvalue weighted by atomic mass is 16.6. The van der Waals surface area contributed by atoms with E-state index in [-0.39, 0.29) is 67.2 Å². The van der Waals surface area contributed by atoms with Gasteiger partial charge in [0.1, 0.15) is 24.4 Å². The molecule has 11 nitrogen and oxygen atoms in total. The predicted molar refractivity (Wildman–Crippen MR) is 222 cm³/mol. The summed E-state index contributed by atoms with van der Waals surface area (Å²) in [6.07, 6.45) is 28.3. The van der Waals surface area contributed by atoms with Crippen LogP contribution in [0.2, 0.25) is 0 Å². The van der Waals surface area contributed by atoms with Gasteiger partial charge in [-0.25, -0.2) is 4.79 Å². The molecule has 3 fully saturated rings. The Labute approximate surface area is 344 Å². The van der Waals surface area contributed by atoms with Crippen LogP contribution in [-0.4, -0.2) is 106 Å². The summed E-state index contributed by atoms with van der Waals surface area (Å²) in [6, 6.07) is 0. The Morgan fingerprint density at radius 1 is 0.759 bits per heavy atom. The number of carbonyl (C=O) groups excluding carboxylic acids is 1. The molecule has 11 heteroatoms. The van der Waals surface area contributed by atoms with Gasteiger partial charge in [0.2, 0.25) is 0 Å². The Morgan fingerprint density at radius 2 is 1.53 bits per heavy atom. The standard InChI is InChI=1S/C47H66O11/c1-30(17-14-15-23-44(50)51)27-31(2)47-40-26-25-34(54-47)18-10-6-5-7-11-19-35(48)46(53)43-28-36(49)32(3)37(56-43)21-16-22-38-33(4)41-29-42(55-38)39(57-41)20-12-8-9-13-24-45(52)58-40/h6,8-13,16,19-20,22,24-27,30,32-43,46-49,53H,5,7,14-15,17-18,21,23,28-29H2,1-4H3,(H,50,51)/b9-8?,10-6+,19-11?,20-12?,22-16?,24-13-,31-27+. The third-order valence-corrected chi connectivity index (χ3v) is 12.0. The Balaban J connectivity index is 1.29. The number of rotatable bonds is 7. The molecule has 0 aliphatic carbocycles. The number of aliphatic carboxylic acids is 1. The Hall–Kier alpha value is -3.42. The number of aliphatic hydroxyl groups excluding tert-OH is 3. The second kappa shape index (κ2) is 22.8. The highest BCUT2D eigenvalue weighted by molar-refractivity contribution is 5.82. The molecule has 6 heterocycles. The Bertz CT molecular complexity index is 1570. The molecule has 7 bridgehead atoms. The minimum atomic E-state index is -1.18. The first-order chi connectivity index (χ1) is 27.9. The number of ether oxygens (including phenoxy) is 5. The minimum Gasteiger partial charge on any atom is -0.481 e. The number of aliphatic hydroxyl groups is 3. The number of allylic oxidation sites excluding steroid dienone is 7. The van der Waals surface area contributed by atoms with Crippen molar-refractivity contribution in [2.24, 2.45) is 17.8 Å². The normalized spacial score (nSPS) is 39.5. The van der Waals surface area contributed by atoms with Crippen LogP contribution in [0.3, 0.4) is 0 Å². The lowest BCUT2D eigenvalue weighted by atomic mass is 9.85. The number of unbranched alkanes of at least 4 members (excludes halogenated alkanes) is 1. The predicted octanol–water partition coefficient (Wildman–Crippen LogP) is 6.80. The van der Waals surface area contributed by atoms with Crippen LogP contribution < -0.4 is 0 Å². The van der Waals surface area contributed by atoms with E-state index in [0.717, 1.165) is 31.3 Å². The van der Waals surface area contributed by atoms with Gasteiger partial charge in [-0.1, -0.05) is 106 Å². The van der Waals surface area contributed by atoms with Gasteiger partial charge in [-0.3, -0.25) is 4.79 Å². The quantitative estimate of drug-likeness (QED) is 0.122. The molecule has 0 radical (unpaired) electrons. The lowest BCUT2D eigenvalue weighted by molar-refractivity contribution is -0.175. The third-order valence-electron chi connectivity index (χ3n) is 12.0. The lowest BCUT2D eigenvalue weighted by Crippen LogP contribution is -2.50. The maximum Gasteiger partial charge on any atom is 0.331 e. The summed E-state index contributed by atoms with van der Waals surface area (Å²) in [6.45, 7) is 8.15. The van der Waals surface area contributed by atoms with E-state index in [9.17, 15) is 24.9 Å². The molecule has 6 rings (SSSR count). The average molecular weight is 807 g/mol. The fraction of sp³-hybridized carbons (Fsp3) is 0.617. The van der Waals surface area contributed by atoms with Gasteiger partial charge in [0.15, 0.2) is 6.10 Å². The van der Waals surface area contributed by atoms with Gasteiger partial charge >= 0.3 is 11.9 Å². The molecule has 3 saturated heterocycles. The van der Waals surface area contributed by atoms with Crippen molar-refractivity contribution >= 4 is 11.9 Å². The van der Waals surface area contributed by atoms with Crippen molar-refractivity contribution in [3.63, 3.8) is 0 Å². The number of fused-ring (bicyclic) bond motifs is 13. The molecule has 4 N–H and O–H groups in total. The molecular formula is C47H66O11. The number of carbonyl (C=O) groups is 2. The van der Waals surface area contributed by atoms with Crippen LogP contribution in [0.1, 0.15) is 91.9 Å². The van der Waals surface area contributed by atoms with Gasteiger partial charge in [-0.2, -0.15) is 0 Å². The van der Waals surface area contributed by atoms with Crippen LogP contribution >= 0.6 is 0 Å². The summed E-state index contributed by atoms with van der Waals surface area (Å²) >= 11 is 0. The average Bonchev–Trinajstić information content (AvgIpc) is 3.54. The molecule has 0 aromatic rings. The highest BCUT2D eigenvalue weighted by Crippen LogP contribution is 2.38. The molecule has 0 spiro atoms. The van der Waals surface area contributed by atoms with Gasteiger partial charge in [-0.05, 0) is 63.0 Å². The molecule has 0 amide bonds.